The van der Waals surface area contributed by atoms with Crippen LogP contribution >= 0.6 is 0 Å². The lowest BCUT2D eigenvalue weighted by atomic mass is 9.84. The number of aliphatic hydroxyl groups is 1. The summed E-state index contributed by atoms with van der Waals surface area (Å²) in [7, 11) is 2.91. The van der Waals surface area contributed by atoms with E-state index in [2.05, 4.69) is 5.32 Å². The summed E-state index contributed by atoms with van der Waals surface area (Å²) in [5, 5.41) is 13.7. The average Bonchev–Trinajstić information content (AvgIpc) is 2.84. The molecular formula is C29H40N2O8. The molecule has 1 aliphatic heterocycles. The summed E-state index contributed by atoms with van der Waals surface area (Å²) in [5.41, 5.74) is 6.27. The van der Waals surface area contributed by atoms with Gasteiger partial charge in [0.05, 0.1) is 24.0 Å². The molecule has 0 radical (unpaired) electrons. The van der Waals surface area contributed by atoms with Crippen molar-refractivity contribution in [1.29, 1.82) is 0 Å². The SMILES string of the molecule is COC1C2=CC(=O)C=C(NC(=O)C(C)=CC=CC(C)C(OC(N)=O)C(C)=CC(C)C(OC)C(O)CC1C)C2=O. The molecular weight excluding hydrogens is 504 g/mol. The topological polar surface area (TPSA) is 154 Å². The standard InChI is InChI=1S/C29H40N2O8/c1-15-9-8-10-16(2)28(35)31-22-14-20(32)13-21(24(22)34)26(37-6)19(5)12-23(33)27(38-7)18(4)11-17(3)25(15)39-29(30)36/h8-11,13-15,18-19,23,25-27,33H,12H2,1-7H3,(H2,30,36)(H,31,35). The first-order chi connectivity index (χ1) is 18.3. The first-order valence-electron chi connectivity index (χ1n) is 12.9. The quantitative estimate of drug-likeness (QED) is 0.362. The third kappa shape index (κ3) is 8.32. The Morgan fingerprint density at radius 2 is 1.69 bits per heavy atom. The van der Waals surface area contributed by atoms with E-state index in [1.165, 1.54) is 20.3 Å². The Morgan fingerprint density at radius 1 is 1.03 bits per heavy atom. The van der Waals surface area contributed by atoms with Gasteiger partial charge in [0.25, 0.3) is 5.91 Å². The van der Waals surface area contributed by atoms with Crippen molar-refractivity contribution in [3.63, 3.8) is 0 Å². The highest BCUT2D eigenvalue weighted by Gasteiger charge is 2.35. The molecule has 10 heteroatoms. The molecule has 0 saturated carbocycles. The minimum absolute atomic E-state index is 0.0949. The molecule has 2 rings (SSSR count). The van der Waals surface area contributed by atoms with Crippen molar-refractivity contribution < 1.29 is 38.5 Å². The molecule has 0 aromatic carbocycles. The molecule has 7 atom stereocenters. The van der Waals surface area contributed by atoms with Gasteiger partial charge in [0.2, 0.25) is 5.78 Å². The largest absolute Gasteiger partial charge is 0.441 e. The van der Waals surface area contributed by atoms with E-state index in [4.69, 9.17) is 19.9 Å². The number of hydrogen-bond donors (Lipinski definition) is 3. The Kier molecular flexibility index (Phi) is 11.6. The van der Waals surface area contributed by atoms with Crippen LogP contribution < -0.4 is 11.1 Å². The second-order valence-corrected chi connectivity index (χ2v) is 10.2. The summed E-state index contributed by atoms with van der Waals surface area (Å²) in [6.45, 7) is 8.87. The van der Waals surface area contributed by atoms with Crippen LogP contribution in [0.5, 0.6) is 0 Å². The molecule has 10 nitrogen and oxygen atoms in total. The number of aliphatic hydroxyl groups excluding tert-OH is 1. The van der Waals surface area contributed by atoms with E-state index in [0.717, 1.165) is 6.08 Å². The molecule has 1 heterocycles. The maximum Gasteiger partial charge on any atom is 0.405 e. The Balaban J connectivity index is 2.58. The number of nitrogens with one attached hydrogen (secondary N) is 1. The Hall–Kier alpha value is -3.34. The number of amides is 2. The Morgan fingerprint density at radius 3 is 2.28 bits per heavy atom. The number of Topliss-reactive ketones (excluding diaryl/α,β-unsaturated/α-hetero) is 1. The molecule has 39 heavy (non-hydrogen) atoms. The van der Waals surface area contributed by atoms with E-state index in [-0.39, 0.29) is 35.1 Å². The highest BCUT2D eigenvalue weighted by Crippen LogP contribution is 2.29. The number of methoxy groups -OCH3 is 2. The van der Waals surface area contributed by atoms with Crippen LogP contribution in [-0.4, -0.2) is 67.3 Å². The number of rotatable bonds is 3. The predicted molar refractivity (Wildman–Crippen MR) is 145 cm³/mol. The van der Waals surface area contributed by atoms with Crippen molar-refractivity contribution in [2.24, 2.45) is 23.5 Å². The summed E-state index contributed by atoms with van der Waals surface area (Å²) >= 11 is 0. The number of nitrogens with two attached hydrogens (primary N) is 1. The van der Waals surface area contributed by atoms with Crippen LogP contribution in [0.15, 0.2) is 58.9 Å². The van der Waals surface area contributed by atoms with Crippen LogP contribution in [0.4, 0.5) is 4.79 Å². The molecule has 0 aromatic rings. The number of fused-ring (bicyclic) bond motifs is 2. The van der Waals surface area contributed by atoms with Gasteiger partial charge in [-0.3, -0.25) is 14.4 Å². The van der Waals surface area contributed by atoms with Crippen LogP contribution in [0.1, 0.15) is 41.0 Å². The van der Waals surface area contributed by atoms with Crippen molar-refractivity contribution in [2.45, 2.75) is 65.5 Å². The fourth-order valence-electron chi connectivity index (χ4n) is 5.07. The third-order valence-electron chi connectivity index (χ3n) is 7.01. The summed E-state index contributed by atoms with van der Waals surface area (Å²) in [6.07, 6.45) is 5.21. The monoisotopic (exact) mass is 544 g/mol. The van der Waals surface area contributed by atoms with E-state index >= 15 is 0 Å². The Bertz CT molecular complexity index is 1120. The van der Waals surface area contributed by atoms with E-state index < -0.39 is 53.9 Å². The first-order valence-corrected chi connectivity index (χ1v) is 12.9. The fourth-order valence-corrected chi connectivity index (χ4v) is 5.07. The average molecular weight is 545 g/mol. The lowest BCUT2D eigenvalue weighted by Crippen LogP contribution is -2.40. The predicted octanol–water partition coefficient (Wildman–Crippen LogP) is 2.68. The second kappa shape index (κ2) is 14.2. The molecule has 1 aliphatic carbocycles. The molecule has 2 amide bonds. The molecule has 0 fully saturated rings. The minimum atomic E-state index is -0.965. The van der Waals surface area contributed by atoms with Gasteiger partial charge >= 0.3 is 6.09 Å². The zero-order chi connectivity index (χ0) is 29.4. The zero-order valence-electron chi connectivity index (χ0n) is 23.6. The van der Waals surface area contributed by atoms with Gasteiger partial charge in [-0.15, -0.1) is 0 Å². The first kappa shape index (κ1) is 31.9. The molecule has 2 aliphatic rings. The number of ether oxygens (including phenoxy) is 3. The third-order valence-corrected chi connectivity index (χ3v) is 7.01. The molecule has 7 unspecified atom stereocenters. The van der Waals surface area contributed by atoms with Crippen LogP contribution in [0.25, 0.3) is 0 Å². The summed E-state index contributed by atoms with van der Waals surface area (Å²) < 4.78 is 16.7. The highest BCUT2D eigenvalue weighted by molar-refractivity contribution is 6.22. The van der Waals surface area contributed by atoms with Gasteiger partial charge < -0.3 is 30.4 Å². The Labute approximate surface area is 229 Å². The molecule has 4 N–H and O–H groups in total. The van der Waals surface area contributed by atoms with E-state index in [9.17, 15) is 24.3 Å². The van der Waals surface area contributed by atoms with E-state index in [1.807, 2.05) is 19.9 Å². The van der Waals surface area contributed by atoms with Crippen LogP contribution in [0, 0.1) is 17.8 Å². The summed E-state index contributed by atoms with van der Waals surface area (Å²) in [5.74, 6) is -2.58. The van der Waals surface area contributed by atoms with Crippen LogP contribution in [-0.2, 0) is 28.6 Å². The van der Waals surface area contributed by atoms with Crippen LogP contribution in [0.2, 0.25) is 0 Å². The summed E-state index contributed by atoms with van der Waals surface area (Å²) in [4.78, 5) is 50.2. The number of ketones is 2. The highest BCUT2D eigenvalue weighted by atomic mass is 16.6. The second-order valence-electron chi connectivity index (χ2n) is 10.2. The van der Waals surface area contributed by atoms with Gasteiger partial charge in [-0.2, -0.15) is 0 Å². The normalized spacial score (nSPS) is 31.5. The van der Waals surface area contributed by atoms with Crippen molar-refractivity contribution in [2.75, 3.05) is 14.2 Å². The molecule has 0 saturated heterocycles. The van der Waals surface area contributed by atoms with E-state index in [0.29, 0.717) is 5.57 Å². The molecule has 2 bridgehead atoms. The number of allylic oxidation sites excluding steroid dienone is 5. The lowest BCUT2D eigenvalue weighted by Gasteiger charge is -2.32. The number of primary amides is 1. The minimum Gasteiger partial charge on any atom is -0.441 e. The zero-order valence-corrected chi connectivity index (χ0v) is 23.6. The van der Waals surface area contributed by atoms with Gasteiger partial charge in [0, 0.05) is 43.3 Å². The summed E-state index contributed by atoms with van der Waals surface area (Å²) in [6, 6.07) is 0. The number of carbonyl (C=O) groups is 4. The van der Waals surface area contributed by atoms with Gasteiger partial charge in [0.15, 0.2) is 5.78 Å². The lowest BCUT2D eigenvalue weighted by molar-refractivity contribution is -0.120. The van der Waals surface area contributed by atoms with Crippen molar-refractivity contribution in [3.8, 4) is 0 Å². The molecule has 0 aromatic heterocycles. The van der Waals surface area contributed by atoms with Crippen molar-refractivity contribution in [3.05, 3.63) is 58.9 Å². The number of carbonyl (C=O) groups excluding carboxylic acids is 4. The smallest absolute Gasteiger partial charge is 0.405 e. The van der Waals surface area contributed by atoms with Crippen LogP contribution in [0.3, 0.4) is 0 Å². The van der Waals surface area contributed by atoms with Gasteiger partial charge in [0.1, 0.15) is 6.10 Å². The van der Waals surface area contributed by atoms with E-state index in [1.54, 1.807) is 39.0 Å². The molecule has 214 valence electrons. The van der Waals surface area contributed by atoms with Crippen molar-refractivity contribution in [1.82, 2.24) is 5.32 Å². The van der Waals surface area contributed by atoms with Gasteiger partial charge in [-0.05, 0) is 37.8 Å². The van der Waals surface area contributed by atoms with Gasteiger partial charge in [-0.1, -0.05) is 45.1 Å². The maximum atomic E-state index is 13.3. The fraction of sp³-hybridized carbons (Fsp3) is 0.517. The number of hydrogen-bond acceptors (Lipinski definition) is 8. The molecule has 0 spiro atoms. The van der Waals surface area contributed by atoms with Gasteiger partial charge in [-0.25, -0.2) is 4.79 Å². The maximum absolute atomic E-state index is 13.3. The van der Waals surface area contributed by atoms with Crippen molar-refractivity contribution >= 4 is 23.6 Å².